The van der Waals surface area contributed by atoms with Gasteiger partial charge in [-0.05, 0) is 24.3 Å². The maximum atomic E-state index is 10.9. The Hall–Kier alpha value is -9.12. The van der Waals surface area contributed by atoms with Crippen molar-refractivity contribution >= 4 is 0 Å². The molecule has 44 nitrogen and oxygen atoms in total. The van der Waals surface area contributed by atoms with Gasteiger partial charge in [-0.15, -0.1) is 20.4 Å². The van der Waals surface area contributed by atoms with E-state index in [0.29, 0.717) is 113 Å². The molecule has 4 saturated heterocycles. The monoisotopic (exact) mass is 1680 g/mol. The molecule has 8 aliphatic heterocycles. The van der Waals surface area contributed by atoms with E-state index in [1.807, 2.05) is 52.0 Å². The molecule has 4 aromatic heterocycles. The number of hydrogen-bond donors (Lipinski definition) is 16. The highest BCUT2D eigenvalue weighted by atomic mass is 16.7. The molecule has 648 valence electrons. The quantitative estimate of drug-likeness (QED) is 0.0270. The Balaban J connectivity index is 0.817. The molecule has 17 rings (SSSR count). The normalized spacial score (nSPS) is 31.6. The van der Waals surface area contributed by atoms with Crippen LogP contribution < -0.4 is 37.9 Å². The van der Waals surface area contributed by atoms with Gasteiger partial charge in [0.05, 0.1) is 126 Å². The highest BCUT2D eigenvalue weighted by Gasteiger charge is 2.50. The molecule has 4 aromatic carbocycles. The Morgan fingerprint density at radius 1 is 0.283 bits per heavy atom. The van der Waals surface area contributed by atoms with Crippen LogP contribution in [0.2, 0.25) is 0 Å². The summed E-state index contributed by atoms with van der Waals surface area (Å²) in [7, 11) is 0. The number of aromatic nitrogens is 12. The Kier molecular flexibility index (Phi) is 23.8. The molecule has 12 heterocycles. The summed E-state index contributed by atoms with van der Waals surface area (Å²) in [5.74, 6) is -0.186. The molecule has 0 saturated carbocycles. The summed E-state index contributed by atoms with van der Waals surface area (Å²) in [6.07, 6.45) is -24.8. The van der Waals surface area contributed by atoms with Gasteiger partial charge in [-0.3, -0.25) is 0 Å². The van der Waals surface area contributed by atoms with Crippen molar-refractivity contribution in [1.82, 2.24) is 60.0 Å². The summed E-state index contributed by atoms with van der Waals surface area (Å²) in [4.78, 5) is 0. The third-order valence-corrected chi connectivity index (χ3v) is 23.5. The van der Waals surface area contributed by atoms with Crippen molar-refractivity contribution in [2.75, 3.05) is 53.6 Å². The molecular weight excluding hydrogens is 1590 g/mol. The second kappa shape index (κ2) is 34.3. The third-order valence-electron chi connectivity index (χ3n) is 23.5. The standard InChI is InChI=1S/C76H92N12O32/c1-29-37-5-39-30(2)41-7-43-32(4)44-8-42-31(3)40-6-38(29)66-46(14-86-10-34(78-82-86)22-106-74-62(102)58(98)54(94)50(18-90)118-74)68(40)112-27-114-70(42)48(16-88-12-36(80-84-88)24-108-76-64(104)60(100)56(96)52(20-92)120-76)72(44)116-28-115-71(43)47(15-87-11-35(79-83-87)23-107-75-63(103)59(99)55(95)51(19-91)119-75)69(41)113-26-111-67(39)45(65(37)109-25-110-66)13-85-9-33(77-81-85)21-105-73-61(101)57(97)53(93)49(17-89)117-73/h5-12,29-32,49-64,73-76,89-104H,13-28H2,1-4H3/t29?,30?,31?,32?,49-,50-,51-,52-,53-,54-,55-,56-,57+,58+,59+,60+,61-,62-,63-,64-,73-,74-,75-,76-/m1/s1. The molecule has 44 heteroatoms. The molecule has 9 aliphatic rings. The first-order valence-corrected chi connectivity index (χ1v) is 39.0. The summed E-state index contributed by atoms with van der Waals surface area (Å²) in [6.45, 7) is 1.74. The lowest BCUT2D eigenvalue weighted by Gasteiger charge is -2.39. The van der Waals surface area contributed by atoms with E-state index in [1.54, 1.807) is 24.8 Å². The topological polar surface area (TPSA) is 594 Å². The van der Waals surface area contributed by atoms with Gasteiger partial charge in [-0.2, -0.15) is 0 Å². The van der Waals surface area contributed by atoms with Crippen molar-refractivity contribution in [3.05, 3.63) is 139 Å². The predicted molar refractivity (Wildman–Crippen MR) is 391 cm³/mol. The van der Waals surface area contributed by atoms with Crippen molar-refractivity contribution in [3.63, 3.8) is 0 Å². The van der Waals surface area contributed by atoms with Gasteiger partial charge in [0.15, 0.2) is 25.2 Å². The average Bonchev–Trinajstić information content (AvgIpc) is 0.821. The summed E-state index contributed by atoms with van der Waals surface area (Å²) in [6, 6.07) is 8.09. The minimum atomic E-state index is -1.71. The van der Waals surface area contributed by atoms with Gasteiger partial charge in [0.1, 0.15) is 166 Å². The fourth-order valence-electron chi connectivity index (χ4n) is 16.8. The minimum absolute atomic E-state index is 0.101. The first-order valence-electron chi connectivity index (χ1n) is 39.0. The Labute approximate surface area is 680 Å². The van der Waals surface area contributed by atoms with Crippen LogP contribution in [0.1, 0.15) is 141 Å². The van der Waals surface area contributed by atoms with E-state index >= 15 is 0 Å². The van der Waals surface area contributed by atoms with Crippen LogP contribution in [-0.2, 0) is 90.5 Å². The summed E-state index contributed by atoms with van der Waals surface area (Å²) >= 11 is 0. The molecule has 8 aromatic rings. The zero-order valence-electron chi connectivity index (χ0n) is 64.8. The highest BCUT2D eigenvalue weighted by molar-refractivity contribution is 5.69. The number of benzene rings is 4. The van der Waals surface area contributed by atoms with Gasteiger partial charge in [0, 0.05) is 68.2 Å². The molecule has 8 bridgehead atoms. The van der Waals surface area contributed by atoms with Crippen molar-refractivity contribution in [2.45, 2.75) is 227 Å². The van der Waals surface area contributed by atoms with Crippen molar-refractivity contribution < 1.29 is 157 Å². The molecule has 16 N–H and O–H groups in total. The number of rotatable bonds is 24. The van der Waals surface area contributed by atoms with Gasteiger partial charge < -0.3 is 157 Å². The number of nitrogens with zero attached hydrogens (tertiary/aromatic N) is 12. The molecule has 4 fully saturated rings. The van der Waals surface area contributed by atoms with Crippen LogP contribution in [0.3, 0.4) is 0 Å². The lowest BCUT2D eigenvalue weighted by molar-refractivity contribution is -0.304. The van der Waals surface area contributed by atoms with Crippen LogP contribution in [0.4, 0.5) is 0 Å². The fraction of sp³-hybridized carbons (Fsp3) is 0.579. The van der Waals surface area contributed by atoms with Crippen LogP contribution in [0.5, 0.6) is 46.0 Å². The summed E-state index contributed by atoms with van der Waals surface area (Å²) < 4.78 is 108. The molecule has 0 amide bonds. The average molecular weight is 1690 g/mol. The fourth-order valence-corrected chi connectivity index (χ4v) is 16.8. The van der Waals surface area contributed by atoms with Crippen LogP contribution in [0, 0.1) is 0 Å². The second-order valence-corrected chi connectivity index (χ2v) is 30.9. The van der Waals surface area contributed by atoms with Crippen LogP contribution in [0.25, 0.3) is 0 Å². The lowest BCUT2D eigenvalue weighted by Crippen LogP contribution is -2.59. The number of aliphatic hydroxyl groups is 16. The van der Waals surface area contributed by atoms with Gasteiger partial charge in [-0.1, -0.05) is 48.5 Å². The number of hydrogen-bond acceptors (Lipinski definition) is 40. The molecule has 0 radical (unpaired) electrons. The van der Waals surface area contributed by atoms with Crippen molar-refractivity contribution in [2.24, 2.45) is 0 Å². The van der Waals surface area contributed by atoms with E-state index in [9.17, 15) is 81.7 Å². The third kappa shape index (κ3) is 15.4. The predicted octanol–water partition coefficient (Wildman–Crippen LogP) is -4.65. The SMILES string of the molecule is CC1c2cc3c4c(Cn5cc(CO[C@@H]6O[C@H](CO)[C@@H](O)[C@H](O)[C@H]6O)nn5)c2OCOc2c1cc1c(c2Cn2cc(CO[C@@H]5O[C@H](CO)[C@@H](O)[C@H](O)[C@H]5O)nn2)OCOc2c(cc5c(c2Cn2cc(CO[C@@H]6O[C@H](CO)[C@@H](O)[C@H](O)[C@H]6O)nn2)OCOc2c(cc(c(c2Cn2cc(CO[C@@H]6O[C@H](CO)[C@@H](O)[C@H](O)[C@H]6O)nn2)OCO4)C3C)C5C)C1C. The summed E-state index contributed by atoms with van der Waals surface area (Å²) in [5.41, 5.74) is 7.82. The molecule has 120 heavy (non-hydrogen) atoms. The Morgan fingerprint density at radius 2 is 0.467 bits per heavy atom. The Morgan fingerprint density at radius 3 is 0.642 bits per heavy atom. The van der Waals surface area contributed by atoms with E-state index in [0.717, 1.165) is 0 Å². The zero-order chi connectivity index (χ0) is 84.0. The first-order chi connectivity index (χ1) is 57.9. The smallest absolute Gasteiger partial charge is 0.230 e. The first kappa shape index (κ1) is 83.2. The Bertz CT molecular complexity index is 4280. The van der Waals surface area contributed by atoms with Crippen molar-refractivity contribution in [1.29, 1.82) is 0 Å². The van der Waals surface area contributed by atoms with Gasteiger partial charge in [-0.25, -0.2) is 18.7 Å². The number of aliphatic hydroxyl groups excluding tert-OH is 16. The maximum absolute atomic E-state index is 10.9. The van der Waals surface area contributed by atoms with Crippen LogP contribution in [0.15, 0.2) is 49.1 Å². The van der Waals surface area contributed by atoms with E-state index in [1.165, 1.54) is 18.7 Å². The van der Waals surface area contributed by atoms with E-state index < -0.39 is 200 Å². The van der Waals surface area contributed by atoms with E-state index in [2.05, 4.69) is 41.2 Å². The molecule has 0 unspecified atom stereocenters. The van der Waals surface area contributed by atoms with E-state index in [-0.39, 0.29) is 75.4 Å². The van der Waals surface area contributed by atoms with Gasteiger partial charge in [0.2, 0.25) is 27.2 Å². The number of ether oxygens (including phenoxy) is 16. The van der Waals surface area contributed by atoms with Gasteiger partial charge >= 0.3 is 0 Å². The molecule has 1 aliphatic carbocycles. The molecule has 20 atom stereocenters. The molecular formula is C76H92N12O32. The largest absolute Gasteiger partial charge is 0.457 e. The maximum Gasteiger partial charge on any atom is 0.230 e. The highest BCUT2D eigenvalue weighted by Crippen LogP contribution is 2.57. The van der Waals surface area contributed by atoms with Crippen LogP contribution in [-0.4, -0.2) is 318 Å². The molecule has 0 spiro atoms. The summed E-state index contributed by atoms with van der Waals surface area (Å²) in [5, 5.41) is 203. The van der Waals surface area contributed by atoms with Gasteiger partial charge in [0.25, 0.3) is 0 Å². The van der Waals surface area contributed by atoms with Crippen molar-refractivity contribution in [3.8, 4) is 46.0 Å². The zero-order valence-corrected chi connectivity index (χ0v) is 64.8. The minimum Gasteiger partial charge on any atom is -0.457 e. The second-order valence-electron chi connectivity index (χ2n) is 30.9. The lowest BCUT2D eigenvalue weighted by atomic mass is 9.78. The van der Waals surface area contributed by atoms with Crippen LogP contribution >= 0.6 is 0 Å². The van der Waals surface area contributed by atoms with E-state index in [4.69, 9.17) is 75.8 Å².